The molecule has 1 aromatic rings. The molecular formula is C16H25ClN4O4. The topological polar surface area (TPSA) is 78.4 Å². The Labute approximate surface area is 152 Å². The first kappa shape index (κ1) is 19.6. The number of likely N-dealkylation sites (N-methyl/N-ethyl adjacent to an activating group) is 1. The minimum absolute atomic E-state index is 0.456. The molecule has 1 aliphatic heterocycles. The fraction of sp³-hybridized carbons (Fsp3) is 0.625. The van der Waals surface area contributed by atoms with E-state index >= 15 is 0 Å². The number of amides is 1. The van der Waals surface area contributed by atoms with Gasteiger partial charge in [0, 0.05) is 59.5 Å². The molecule has 1 aliphatic rings. The number of piperazine rings is 1. The smallest absolute Gasteiger partial charge is 0.407 e. The summed E-state index contributed by atoms with van der Waals surface area (Å²) in [6, 6.07) is 1.77. The van der Waals surface area contributed by atoms with Gasteiger partial charge in [0.15, 0.2) is 0 Å². The van der Waals surface area contributed by atoms with Crippen molar-refractivity contribution in [3.63, 3.8) is 0 Å². The summed E-state index contributed by atoms with van der Waals surface area (Å²) in [6.07, 6.45) is 0.771. The van der Waals surface area contributed by atoms with Gasteiger partial charge >= 0.3 is 6.09 Å². The second kappa shape index (κ2) is 9.65. The number of aromatic nitrogens is 1. The molecular weight excluding hydrogens is 348 g/mol. The monoisotopic (exact) mass is 372 g/mol. The highest BCUT2D eigenvalue weighted by Crippen LogP contribution is 2.27. The molecule has 0 atom stereocenters. The van der Waals surface area contributed by atoms with Gasteiger partial charge in [0.2, 0.25) is 0 Å². The maximum absolute atomic E-state index is 10.8. The van der Waals surface area contributed by atoms with E-state index in [4.69, 9.17) is 26.2 Å². The average Bonchev–Trinajstić information content (AvgIpc) is 2.60. The van der Waals surface area contributed by atoms with E-state index < -0.39 is 6.09 Å². The molecule has 8 nitrogen and oxygen atoms in total. The van der Waals surface area contributed by atoms with Crippen molar-refractivity contribution in [3.05, 3.63) is 17.3 Å². The van der Waals surface area contributed by atoms with Crippen LogP contribution in [0.5, 0.6) is 5.75 Å². The van der Waals surface area contributed by atoms with E-state index in [2.05, 4.69) is 14.8 Å². The Morgan fingerprint density at radius 3 is 2.68 bits per heavy atom. The third kappa shape index (κ3) is 5.91. The van der Waals surface area contributed by atoms with E-state index in [1.807, 2.05) is 0 Å². The number of carboxylic acid groups (broad SMARTS) is 1. The maximum atomic E-state index is 10.8. The van der Waals surface area contributed by atoms with E-state index in [1.54, 1.807) is 26.4 Å². The highest BCUT2D eigenvalue weighted by Gasteiger charge is 2.20. The lowest BCUT2D eigenvalue weighted by Gasteiger charge is -2.36. The van der Waals surface area contributed by atoms with Gasteiger partial charge in [0.25, 0.3) is 0 Å². The van der Waals surface area contributed by atoms with Gasteiger partial charge in [-0.3, -0.25) is 4.90 Å². The summed E-state index contributed by atoms with van der Waals surface area (Å²) in [7, 11) is 3.20. The van der Waals surface area contributed by atoms with Crippen LogP contribution in [0.1, 0.15) is 0 Å². The predicted molar refractivity (Wildman–Crippen MR) is 95.9 cm³/mol. The zero-order chi connectivity index (χ0) is 18.2. The Kier molecular flexibility index (Phi) is 7.54. The van der Waals surface area contributed by atoms with Crippen LogP contribution in [0.3, 0.4) is 0 Å². The van der Waals surface area contributed by atoms with E-state index in [-0.39, 0.29) is 0 Å². The van der Waals surface area contributed by atoms with E-state index in [0.717, 1.165) is 38.5 Å². The summed E-state index contributed by atoms with van der Waals surface area (Å²) in [5.74, 6) is 1.38. The van der Waals surface area contributed by atoms with Crippen LogP contribution in [0.15, 0.2) is 12.3 Å². The molecule has 0 unspecified atom stereocenters. The van der Waals surface area contributed by atoms with Crippen LogP contribution in [0.25, 0.3) is 0 Å². The van der Waals surface area contributed by atoms with Crippen molar-refractivity contribution in [2.24, 2.45) is 0 Å². The van der Waals surface area contributed by atoms with E-state index in [0.29, 0.717) is 30.5 Å². The van der Waals surface area contributed by atoms with Crippen LogP contribution in [0, 0.1) is 0 Å². The van der Waals surface area contributed by atoms with E-state index in [9.17, 15) is 4.79 Å². The Morgan fingerprint density at radius 2 is 2.08 bits per heavy atom. The van der Waals surface area contributed by atoms with Crippen molar-refractivity contribution in [3.8, 4) is 5.75 Å². The molecule has 1 amide bonds. The molecule has 0 saturated carbocycles. The van der Waals surface area contributed by atoms with Crippen LogP contribution in [-0.2, 0) is 4.74 Å². The van der Waals surface area contributed by atoms with Gasteiger partial charge in [0.1, 0.15) is 18.2 Å². The molecule has 2 heterocycles. The molecule has 0 spiro atoms. The predicted octanol–water partition coefficient (Wildman–Crippen LogP) is 1.49. The third-order valence-electron chi connectivity index (χ3n) is 4.10. The van der Waals surface area contributed by atoms with Crippen LogP contribution >= 0.6 is 11.6 Å². The SMILES string of the molecule is COCCOc1cnc(N2CCN(CCN(C)C(=O)O)CC2)c(Cl)c1. The summed E-state index contributed by atoms with van der Waals surface area (Å²) in [4.78, 5) is 20.9. The molecule has 0 aliphatic carbocycles. The Bertz CT molecular complexity index is 567. The number of ether oxygens (including phenoxy) is 2. The summed E-state index contributed by atoms with van der Waals surface area (Å²) in [5, 5.41) is 9.45. The van der Waals surface area contributed by atoms with Gasteiger partial charge < -0.3 is 24.4 Å². The largest absolute Gasteiger partial charge is 0.490 e. The summed E-state index contributed by atoms with van der Waals surface area (Å²) >= 11 is 6.35. The highest BCUT2D eigenvalue weighted by atomic mass is 35.5. The van der Waals surface area contributed by atoms with Crippen LogP contribution in [-0.4, -0.2) is 92.6 Å². The quantitative estimate of drug-likeness (QED) is 0.692. The molecule has 0 aromatic carbocycles. The number of anilines is 1. The van der Waals surface area contributed by atoms with Gasteiger partial charge in [-0.2, -0.15) is 0 Å². The molecule has 1 aromatic heterocycles. The number of nitrogens with zero attached hydrogens (tertiary/aromatic N) is 4. The van der Waals surface area contributed by atoms with Gasteiger partial charge in [-0.15, -0.1) is 0 Å². The van der Waals surface area contributed by atoms with Crippen molar-refractivity contribution >= 4 is 23.5 Å². The molecule has 1 fully saturated rings. The number of rotatable bonds is 8. The molecule has 140 valence electrons. The normalized spacial score (nSPS) is 15.2. The van der Waals surface area contributed by atoms with Gasteiger partial charge in [-0.25, -0.2) is 9.78 Å². The van der Waals surface area contributed by atoms with Crippen LogP contribution in [0.2, 0.25) is 5.02 Å². The lowest BCUT2D eigenvalue weighted by Crippen LogP contribution is -2.48. The summed E-state index contributed by atoms with van der Waals surface area (Å²) < 4.78 is 10.5. The maximum Gasteiger partial charge on any atom is 0.407 e. The number of hydrogen-bond acceptors (Lipinski definition) is 6. The zero-order valence-corrected chi connectivity index (χ0v) is 15.4. The van der Waals surface area contributed by atoms with Gasteiger partial charge in [-0.05, 0) is 0 Å². The van der Waals surface area contributed by atoms with Crippen molar-refractivity contribution in [1.82, 2.24) is 14.8 Å². The molecule has 0 radical (unpaired) electrons. The minimum atomic E-state index is -0.901. The number of methoxy groups -OCH3 is 1. The standard InChI is InChI=1S/C16H25ClN4O4/c1-19(16(22)23)3-4-20-5-7-21(8-6-20)15-14(17)11-13(12-18-15)25-10-9-24-2/h11-12H,3-10H2,1-2H3,(H,22,23). The second-order valence-electron chi connectivity index (χ2n) is 5.85. The van der Waals surface area contributed by atoms with Crippen molar-refractivity contribution < 1.29 is 19.4 Å². The highest BCUT2D eigenvalue weighted by molar-refractivity contribution is 6.33. The molecule has 0 bridgehead atoms. The van der Waals surface area contributed by atoms with Crippen molar-refractivity contribution in [2.75, 3.05) is 71.5 Å². The summed E-state index contributed by atoms with van der Waals surface area (Å²) in [6.45, 7) is 5.48. The first-order chi connectivity index (χ1) is 12.0. The fourth-order valence-corrected chi connectivity index (χ4v) is 2.81. The van der Waals surface area contributed by atoms with Gasteiger partial charge in [0.05, 0.1) is 17.8 Å². The Hall–Kier alpha value is -1.77. The molecule has 25 heavy (non-hydrogen) atoms. The minimum Gasteiger partial charge on any atom is -0.490 e. The lowest BCUT2D eigenvalue weighted by molar-refractivity contribution is 0.146. The van der Waals surface area contributed by atoms with Gasteiger partial charge in [-0.1, -0.05) is 11.6 Å². The van der Waals surface area contributed by atoms with Crippen molar-refractivity contribution in [1.29, 1.82) is 0 Å². The van der Waals surface area contributed by atoms with Crippen molar-refractivity contribution in [2.45, 2.75) is 0 Å². The second-order valence-corrected chi connectivity index (χ2v) is 6.26. The zero-order valence-electron chi connectivity index (χ0n) is 14.7. The summed E-state index contributed by atoms with van der Waals surface area (Å²) in [5.41, 5.74) is 0. The van der Waals surface area contributed by atoms with Crippen LogP contribution < -0.4 is 9.64 Å². The van der Waals surface area contributed by atoms with Crippen LogP contribution in [0.4, 0.5) is 10.6 Å². The lowest BCUT2D eigenvalue weighted by atomic mass is 10.3. The molecule has 9 heteroatoms. The molecule has 1 saturated heterocycles. The number of hydrogen-bond donors (Lipinski definition) is 1. The first-order valence-electron chi connectivity index (χ1n) is 8.20. The van der Waals surface area contributed by atoms with E-state index in [1.165, 1.54) is 4.90 Å². The average molecular weight is 373 g/mol. The Morgan fingerprint density at radius 1 is 1.36 bits per heavy atom. The molecule has 2 rings (SSSR count). The fourth-order valence-electron chi connectivity index (χ4n) is 2.54. The number of halogens is 1. The third-order valence-corrected chi connectivity index (χ3v) is 4.38. The first-order valence-corrected chi connectivity index (χ1v) is 8.57. The molecule has 1 N–H and O–H groups in total. The number of carbonyl (C=O) groups is 1. The Balaban J connectivity index is 1.82. The number of pyridine rings is 1.